The normalized spacial score (nSPS) is 17.9. The van der Waals surface area contributed by atoms with E-state index in [1.54, 1.807) is 0 Å². The Bertz CT molecular complexity index is 947. The molecule has 1 fully saturated rings. The van der Waals surface area contributed by atoms with Crippen LogP contribution in [0.5, 0.6) is 0 Å². The molecule has 27 heavy (non-hydrogen) atoms. The fourth-order valence-corrected chi connectivity index (χ4v) is 3.48. The van der Waals surface area contributed by atoms with Gasteiger partial charge in [-0.05, 0) is 43.2 Å². The molecule has 0 spiro atoms. The van der Waals surface area contributed by atoms with E-state index < -0.39 is 22.8 Å². The molecule has 0 unspecified atom stereocenters. The van der Waals surface area contributed by atoms with Gasteiger partial charge in [0.1, 0.15) is 16.9 Å². The number of hydrogen-bond acceptors (Lipinski definition) is 4. The number of rotatable bonds is 4. The largest absolute Gasteiger partial charge is 0.324 e. The van der Waals surface area contributed by atoms with E-state index in [1.165, 1.54) is 0 Å². The summed E-state index contributed by atoms with van der Waals surface area (Å²) in [5.74, 6) is -2.48. The van der Waals surface area contributed by atoms with Gasteiger partial charge in [-0.15, -0.1) is 0 Å². The van der Waals surface area contributed by atoms with Crippen LogP contribution in [-0.2, 0) is 9.59 Å². The first kappa shape index (κ1) is 19.0. The van der Waals surface area contributed by atoms with Crippen LogP contribution in [0.2, 0.25) is 0 Å². The number of carbonyl (C=O) groups excluding carboxylic acids is 2. The van der Waals surface area contributed by atoms with E-state index >= 15 is 0 Å². The molecule has 0 radical (unpaired) electrons. The highest BCUT2D eigenvalue weighted by atomic mass is 32.2. The third-order valence-corrected chi connectivity index (χ3v) is 5.02. The number of benzene rings is 2. The van der Waals surface area contributed by atoms with Crippen molar-refractivity contribution in [1.82, 2.24) is 5.32 Å². The average Bonchev–Trinajstić information content (AvgIpc) is 2.93. The van der Waals surface area contributed by atoms with Crippen molar-refractivity contribution in [2.45, 2.75) is 25.5 Å². The van der Waals surface area contributed by atoms with Gasteiger partial charge < -0.3 is 10.6 Å². The molecule has 2 aromatic rings. The first-order valence-corrected chi connectivity index (χ1v) is 9.08. The summed E-state index contributed by atoms with van der Waals surface area (Å²) in [6.45, 7) is 3.87. The summed E-state index contributed by atoms with van der Waals surface area (Å²) in [7, 11) is 0. The Morgan fingerprint density at radius 3 is 2.74 bits per heavy atom. The van der Waals surface area contributed by atoms with Crippen molar-refractivity contribution in [1.29, 1.82) is 0 Å². The first-order valence-electron chi connectivity index (χ1n) is 8.20. The molecule has 0 bridgehead atoms. The number of thioether (sulfide) groups is 1. The molecule has 0 aromatic heterocycles. The Balaban J connectivity index is 1.66. The number of aliphatic imine (C=N–C) groups is 1. The standard InChI is InChI=1S/C19H17F2N3O2S/c1-10-3-4-11(2)15(7-10)23-19-24-18(26)16(27-19)9-17(25)22-14-6-5-12(20)8-13(14)21/h3-8,16H,9H2,1-2H3,(H,22,25)(H,23,24,26)/t16-/m1/s1. The second-order valence-electron chi connectivity index (χ2n) is 6.18. The Morgan fingerprint density at radius 1 is 1.22 bits per heavy atom. The third-order valence-electron chi connectivity index (χ3n) is 3.94. The molecule has 2 N–H and O–H groups in total. The molecule has 1 heterocycles. The van der Waals surface area contributed by atoms with E-state index in [4.69, 9.17) is 0 Å². The maximum absolute atomic E-state index is 13.6. The highest BCUT2D eigenvalue weighted by Gasteiger charge is 2.32. The van der Waals surface area contributed by atoms with Crippen LogP contribution in [0.15, 0.2) is 41.4 Å². The summed E-state index contributed by atoms with van der Waals surface area (Å²) in [6, 6.07) is 8.69. The Labute approximate surface area is 159 Å². The van der Waals surface area contributed by atoms with Gasteiger partial charge in [0.05, 0.1) is 11.4 Å². The molecule has 1 saturated heterocycles. The lowest BCUT2D eigenvalue weighted by Crippen LogP contribution is -2.28. The van der Waals surface area contributed by atoms with Gasteiger partial charge in [-0.1, -0.05) is 23.9 Å². The SMILES string of the molecule is Cc1ccc(C)c(N=C2NC(=O)[C@@H](CC(=O)Nc3ccc(F)cc3F)S2)c1. The van der Waals surface area contributed by atoms with Crippen LogP contribution >= 0.6 is 11.8 Å². The minimum absolute atomic E-state index is 0.130. The van der Waals surface area contributed by atoms with Crippen LogP contribution < -0.4 is 10.6 Å². The molecule has 8 heteroatoms. The number of aryl methyl sites for hydroxylation is 2. The van der Waals surface area contributed by atoms with Gasteiger partial charge in [0.2, 0.25) is 11.8 Å². The lowest BCUT2D eigenvalue weighted by molar-refractivity contribution is -0.122. The number of hydrogen-bond donors (Lipinski definition) is 2. The van der Waals surface area contributed by atoms with Gasteiger partial charge in [-0.25, -0.2) is 13.8 Å². The number of anilines is 1. The molecule has 2 aromatic carbocycles. The van der Waals surface area contributed by atoms with Gasteiger partial charge in [0.25, 0.3) is 0 Å². The van der Waals surface area contributed by atoms with Crippen molar-refractivity contribution < 1.29 is 18.4 Å². The maximum Gasteiger partial charge on any atom is 0.240 e. The van der Waals surface area contributed by atoms with Gasteiger partial charge in [0, 0.05) is 12.5 Å². The average molecular weight is 389 g/mol. The van der Waals surface area contributed by atoms with Gasteiger partial charge >= 0.3 is 0 Å². The van der Waals surface area contributed by atoms with Gasteiger partial charge in [-0.3, -0.25) is 9.59 Å². The van der Waals surface area contributed by atoms with Crippen molar-refractivity contribution in [2.75, 3.05) is 5.32 Å². The summed E-state index contributed by atoms with van der Waals surface area (Å²) >= 11 is 1.15. The summed E-state index contributed by atoms with van der Waals surface area (Å²) in [5.41, 5.74) is 2.63. The summed E-state index contributed by atoms with van der Waals surface area (Å²) in [5, 5.41) is 4.76. The Morgan fingerprint density at radius 2 is 2.00 bits per heavy atom. The lowest BCUT2D eigenvalue weighted by Gasteiger charge is -2.08. The first-order chi connectivity index (χ1) is 12.8. The van der Waals surface area contributed by atoms with E-state index in [0.29, 0.717) is 11.2 Å². The quantitative estimate of drug-likeness (QED) is 0.835. The summed E-state index contributed by atoms with van der Waals surface area (Å²) < 4.78 is 26.5. The number of amidine groups is 1. The van der Waals surface area contributed by atoms with Crippen LogP contribution in [0, 0.1) is 25.5 Å². The highest BCUT2D eigenvalue weighted by molar-refractivity contribution is 8.15. The van der Waals surface area contributed by atoms with E-state index in [1.807, 2.05) is 32.0 Å². The third kappa shape index (κ3) is 4.71. The molecule has 2 amide bonds. The molecule has 1 aliphatic rings. The smallest absolute Gasteiger partial charge is 0.240 e. The zero-order chi connectivity index (χ0) is 19.6. The Hall–Kier alpha value is -2.74. The van der Waals surface area contributed by atoms with E-state index in [9.17, 15) is 18.4 Å². The van der Waals surface area contributed by atoms with E-state index in [0.717, 1.165) is 40.7 Å². The summed E-state index contributed by atoms with van der Waals surface area (Å²) in [4.78, 5) is 28.7. The van der Waals surface area contributed by atoms with Crippen LogP contribution in [-0.4, -0.2) is 22.2 Å². The minimum Gasteiger partial charge on any atom is -0.324 e. The van der Waals surface area contributed by atoms with Crippen molar-refractivity contribution in [3.8, 4) is 0 Å². The molecular formula is C19H17F2N3O2S. The second kappa shape index (κ2) is 7.87. The topological polar surface area (TPSA) is 70.6 Å². The molecule has 3 rings (SSSR count). The zero-order valence-electron chi connectivity index (χ0n) is 14.7. The predicted octanol–water partition coefficient (Wildman–Crippen LogP) is 3.83. The fraction of sp³-hybridized carbons (Fsp3) is 0.211. The zero-order valence-corrected chi connectivity index (χ0v) is 15.5. The second-order valence-corrected chi connectivity index (χ2v) is 7.37. The molecule has 5 nitrogen and oxygen atoms in total. The highest BCUT2D eigenvalue weighted by Crippen LogP contribution is 2.27. The van der Waals surface area contributed by atoms with Crippen molar-refractivity contribution in [3.05, 3.63) is 59.2 Å². The number of amides is 2. The summed E-state index contributed by atoms with van der Waals surface area (Å²) in [6.07, 6.45) is -0.154. The molecular weight excluding hydrogens is 372 g/mol. The van der Waals surface area contributed by atoms with Crippen molar-refractivity contribution in [2.24, 2.45) is 4.99 Å². The minimum atomic E-state index is -0.871. The number of carbonyl (C=O) groups is 2. The maximum atomic E-state index is 13.6. The Kier molecular flexibility index (Phi) is 5.55. The van der Waals surface area contributed by atoms with Crippen LogP contribution in [0.1, 0.15) is 17.5 Å². The molecule has 0 aliphatic carbocycles. The van der Waals surface area contributed by atoms with Crippen LogP contribution in [0.4, 0.5) is 20.2 Å². The monoisotopic (exact) mass is 389 g/mol. The van der Waals surface area contributed by atoms with Gasteiger partial charge in [-0.2, -0.15) is 0 Å². The lowest BCUT2D eigenvalue weighted by atomic mass is 10.1. The van der Waals surface area contributed by atoms with E-state index in [-0.39, 0.29) is 18.0 Å². The molecule has 0 saturated carbocycles. The van der Waals surface area contributed by atoms with Gasteiger partial charge in [0.15, 0.2) is 5.17 Å². The van der Waals surface area contributed by atoms with E-state index in [2.05, 4.69) is 15.6 Å². The van der Waals surface area contributed by atoms with Crippen LogP contribution in [0.25, 0.3) is 0 Å². The molecule has 1 atom stereocenters. The number of nitrogens with one attached hydrogen (secondary N) is 2. The predicted molar refractivity (Wildman–Crippen MR) is 102 cm³/mol. The number of nitrogens with zero attached hydrogens (tertiary/aromatic N) is 1. The molecule has 140 valence electrons. The van der Waals surface area contributed by atoms with Crippen molar-refractivity contribution in [3.63, 3.8) is 0 Å². The van der Waals surface area contributed by atoms with Crippen molar-refractivity contribution >= 4 is 40.1 Å². The van der Waals surface area contributed by atoms with Crippen LogP contribution in [0.3, 0.4) is 0 Å². The molecule has 1 aliphatic heterocycles. The fourth-order valence-electron chi connectivity index (χ4n) is 2.50. The number of halogens is 2.